The molecule has 8 heteroatoms. The van der Waals surface area contributed by atoms with Gasteiger partial charge in [-0.2, -0.15) is 0 Å². The highest BCUT2D eigenvalue weighted by atomic mass is 16.5. The fourth-order valence-electron chi connectivity index (χ4n) is 3.81. The Balaban J connectivity index is 1.33. The van der Waals surface area contributed by atoms with Crippen LogP contribution < -0.4 is 10.6 Å². The molecular formula is C26H28N2O6. The second-order valence-electron chi connectivity index (χ2n) is 7.70. The fraction of sp³-hybridized carbons (Fsp3) is 0.346. The van der Waals surface area contributed by atoms with E-state index in [-0.39, 0.29) is 45.1 Å². The van der Waals surface area contributed by atoms with E-state index in [1.807, 2.05) is 24.3 Å². The van der Waals surface area contributed by atoms with Gasteiger partial charge in [-0.15, -0.1) is 11.8 Å². The van der Waals surface area contributed by atoms with Crippen molar-refractivity contribution >= 4 is 18.0 Å². The summed E-state index contributed by atoms with van der Waals surface area (Å²) in [6.07, 6.45) is -0.485. The highest BCUT2D eigenvalue weighted by Gasteiger charge is 2.28. The summed E-state index contributed by atoms with van der Waals surface area (Å²) >= 11 is 0. The molecule has 0 fully saturated rings. The first-order valence-corrected chi connectivity index (χ1v) is 11.1. The number of carboxylic acid groups (broad SMARTS) is 1. The van der Waals surface area contributed by atoms with E-state index >= 15 is 0 Å². The number of amides is 2. The number of carbonyl (C=O) groups excluding carboxylic acids is 2. The third-order valence-electron chi connectivity index (χ3n) is 5.45. The van der Waals surface area contributed by atoms with Crippen LogP contribution in [0.25, 0.3) is 11.1 Å². The standard InChI is InChI=1S/C26H28N2O6/c1-2-3-12-23(25(30)31)28-24(29)13-15-33-16-14-27-26(32)34-17-22-20-10-6-4-8-18(20)19-9-5-7-11-21(19)22/h4-11,22-23H,12-17H2,1H3,(H,27,32)(H,28,29)(H,30,31). The summed E-state index contributed by atoms with van der Waals surface area (Å²) in [7, 11) is 0. The third kappa shape index (κ3) is 6.59. The lowest BCUT2D eigenvalue weighted by Gasteiger charge is -2.14. The average molecular weight is 465 g/mol. The Morgan fingerprint density at radius 3 is 2.29 bits per heavy atom. The first kappa shape index (κ1) is 24.8. The van der Waals surface area contributed by atoms with Crippen LogP contribution in [0, 0.1) is 11.8 Å². The number of alkyl carbamates (subject to hydrolysis) is 1. The first-order chi connectivity index (χ1) is 16.5. The van der Waals surface area contributed by atoms with Crippen LogP contribution in [0.5, 0.6) is 0 Å². The van der Waals surface area contributed by atoms with Crippen molar-refractivity contribution in [3.8, 4) is 23.0 Å². The number of hydrogen-bond acceptors (Lipinski definition) is 5. The summed E-state index contributed by atoms with van der Waals surface area (Å²) in [5, 5.41) is 14.1. The molecule has 1 aliphatic rings. The monoisotopic (exact) mass is 464 g/mol. The van der Waals surface area contributed by atoms with Gasteiger partial charge in [-0.3, -0.25) is 4.79 Å². The maximum absolute atomic E-state index is 12.1. The van der Waals surface area contributed by atoms with Gasteiger partial charge < -0.3 is 25.2 Å². The van der Waals surface area contributed by atoms with Crippen molar-refractivity contribution in [2.75, 3.05) is 26.4 Å². The van der Waals surface area contributed by atoms with Gasteiger partial charge in [0.2, 0.25) is 5.91 Å². The molecule has 3 rings (SSSR count). The number of aliphatic carboxylic acids is 1. The van der Waals surface area contributed by atoms with E-state index in [4.69, 9.17) is 14.6 Å². The van der Waals surface area contributed by atoms with Gasteiger partial charge in [-0.25, -0.2) is 9.59 Å². The summed E-state index contributed by atoms with van der Waals surface area (Å²) in [6.45, 7) is 2.35. The molecule has 3 N–H and O–H groups in total. The molecule has 0 aliphatic heterocycles. The van der Waals surface area contributed by atoms with Gasteiger partial charge in [0.1, 0.15) is 12.6 Å². The number of nitrogens with one attached hydrogen (secondary N) is 2. The SMILES string of the molecule is CC#CCC(NC(=O)CCOCCNC(=O)OCC1c2ccccc2-c2ccccc21)C(=O)O. The predicted molar refractivity (Wildman–Crippen MR) is 126 cm³/mol. The number of fused-ring (bicyclic) bond motifs is 3. The lowest BCUT2D eigenvalue weighted by atomic mass is 9.98. The molecule has 2 aromatic carbocycles. The van der Waals surface area contributed by atoms with Crippen LogP contribution in [-0.4, -0.2) is 55.5 Å². The van der Waals surface area contributed by atoms with Crippen LogP contribution in [-0.2, 0) is 19.1 Å². The molecule has 2 aromatic rings. The van der Waals surface area contributed by atoms with Crippen LogP contribution in [0.4, 0.5) is 4.79 Å². The van der Waals surface area contributed by atoms with Gasteiger partial charge >= 0.3 is 12.1 Å². The summed E-state index contributed by atoms with van der Waals surface area (Å²) in [5.74, 6) is 3.66. The third-order valence-corrected chi connectivity index (χ3v) is 5.45. The number of carbonyl (C=O) groups is 3. The summed E-state index contributed by atoms with van der Waals surface area (Å²) in [5.41, 5.74) is 4.62. The van der Waals surface area contributed by atoms with E-state index in [9.17, 15) is 14.4 Å². The Morgan fingerprint density at radius 1 is 1.03 bits per heavy atom. The zero-order valence-electron chi connectivity index (χ0n) is 19.0. The zero-order valence-corrected chi connectivity index (χ0v) is 19.0. The van der Waals surface area contributed by atoms with Gasteiger partial charge in [-0.05, 0) is 29.2 Å². The highest BCUT2D eigenvalue weighted by molar-refractivity contribution is 5.83. The molecule has 34 heavy (non-hydrogen) atoms. The Morgan fingerprint density at radius 2 is 1.68 bits per heavy atom. The second kappa shape index (κ2) is 12.4. The van der Waals surface area contributed by atoms with E-state index < -0.39 is 24.0 Å². The van der Waals surface area contributed by atoms with Gasteiger partial charge in [0.15, 0.2) is 0 Å². The van der Waals surface area contributed by atoms with E-state index in [0.717, 1.165) is 22.3 Å². The normalized spacial score (nSPS) is 12.5. The quantitative estimate of drug-likeness (QED) is 0.348. The van der Waals surface area contributed by atoms with Crippen LogP contribution >= 0.6 is 0 Å². The topological polar surface area (TPSA) is 114 Å². The van der Waals surface area contributed by atoms with Gasteiger partial charge in [0.25, 0.3) is 0 Å². The maximum Gasteiger partial charge on any atom is 0.407 e. The maximum atomic E-state index is 12.1. The summed E-state index contributed by atoms with van der Waals surface area (Å²) in [6, 6.07) is 15.2. The van der Waals surface area contributed by atoms with Crippen molar-refractivity contribution in [2.45, 2.75) is 31.7 Å². The summed E-state index contributed by atoms with van der Waals surface area (Å²) in [4.78, 5) is 35.1. The average Bonchev–Trinajstić information content (AvgIpc) is 3.16. The molecule has 0 heterocycles. The van der Waals surface area contributed by atoms with Crippen molar-refractivity contribution < 1.29 is 29.0 Å². The molecule has 0 saturated heterocycles. The summed E-state index contributed by atoms with van der Waals surface area (Å²) < 4.78 is 10.8. The molecule has 2 amide bonds. The zero-order chi connectivity index (χ0) is 24.3. The number of carboxylic acids is 1. The molecule has 0 bridgehead atoms. The smallest absolute Gasteiger partial charge is 0.407 e. The molecule has 1 aliphatic carbocycles. The van der Waals surface area contributed by atoms with Gasteiger partial charge in [-0.1, -0.05) is 48.5 Å². The van der Waals surface area contributed by atoms with E-state index in [1.54, 1.807) is 6.92 Å². The lowest BCUT2D eigenvalue weighted by Crippen LogP contribution is -2.40. The van der Waals surface area contributed by atoms with Crippen molar-refractivity contribution in [1.82, 2.24) is 10.6 Å². The molecule has 8 nitrogen and oxygen atoms in total. The Kier molecular flexibility index (Phi) is 9.06. The van der Waals surface area contributed by atoms with Gasteiger partial charge in [0, 0.05) is 25.3 Å². The molecule has 1 unspecified atom stereocenters. The predicted octanol–water partition coefficient (Wildman–Crippen LogP) is 2.91. The molecule has 1 atom stereocenters. The van der Waals surface area contributed by atoms with Gasteiger partial charge in [0.05, 0.1) is 13.2 Å². The molecule has 0 aromatic heterocycles. The molecule has 0 spiro atoms. The molecule has 0 saturated carbocycles. The minimum atomic E-state index is -1.13. The van der Waals surface area contributed by atoms with E-state index in [2.05, 4.69) is 46.7 Å². The number of benzene rings is 2. The number of ether oxygens (including phenoxy) is 2. The number of rotatable bonds is 11. The van der Waals surface area contributed by atoms with Crippen molar-refractivity contribution in [3.63, 3.8) is 0 Å². The van der Waals surface area contributed by atoms with Crippen molar-refractivity contribution in [1.29, 1.82) is 0 Å². The molecule has 0 radical (unpaired) electrons. The lowest BCUT2D eigenvalue weighted by molar-refractivity contribution is -0.141. The highest BCUT2D eigenvalue weighted by Crippen LogP contribution is 2.44. The van der Waals surface area contributed by atoms with Crippen LogP contribution in [0.3, 0.4) is 0 Å². The van der Waals surface area contributed by atoms with E-state index in [0.29, 0.717) is 0 Å². The minimum Gasteiger partial charge on any atom is -0.480 e. The minimum absolute atomic E-state index is 0.00821. The largest absolute Gasteiger partial charge is 0.480 e. The molecular weight excluding hydrogens is 436 g/mol. The van der Waals surface area contributed by atoms with Crippen LogP contribution in [0.15, 0.2) is 48.5 Å². The first-order valence-electron chi connectivity index (χ1n) is 11.1. The Hall–Kier alpha value is -3.83. The number of hydrogen-bond donors (Lipinski definition) is 3. The van der Waals surface area contributed by atoms with Crippen molar-refractivity contribution in [3.05, 3.63) is 59.7 Å². The van der Waals surface area contributed by atoms with Crippen molar-refractivity contribution in [2.24, 2.45) is 0 Å². The van der Waals surface area contributed by atoms with Crippen LogP contribution in [0.2, 0.25) is 0 Å². The Labute approximate surface area is 198 Å². The fourth-order valence-corrected chi connectivity index (χ4v) is 3.81. The van der Waals surface area contributed by atoms with Crippen LogP contribution in [0.1, 0.15) is 36.8 Å². The molecule has 178 valence electrons. The Bertz CT molecular complexity index is 1040. The second-order valence-corrected chi connectivity index (χ2v) is 7.70. The van der Waals surface area contributed by atoms with E-state index in [1.165, 1.54) is 0 Å².